The van der Waals surface area contributed by atoms with Crippen molar-refractivity contribution in [2.45, 2.75) is 44.4 Å². The molecule has 2 amide bonds. The Morgan fingerprint density at radius 1 is 0.960 bits per heavy atom. The van der Waals surface area contributed by atoms with E-state index in [1.165, 1.54) is 28.6 Å². The largest absolute Gasteiger partial charge is 0.273 e. The Morgan fingerprint density at radius 3 is 2.04 bits per heavy atom. The van der Waals surface area contributed by atoms with Gasteiger partial charge in [0, 0.05) is 24.6 Å². The highest BCUT2D eigenvalue weighted by atomic mass is 32.2. The average molecular weight is 367 g/mol. The summed E-state index contributed by atoms with van der Waals surface area (Å²) in [5.74, 6) is -1.04. The molecule has 1 fully saturated rings. The Kier molecular flexibility index (Phi) is 6.55. The molecule has 0 spiro atoms. The normalized spacial score (nSPS) is 16.3. The number of amides is 2. The number of rotatable bonds is 4. The van der Waals surface area contributed by atoms with E-state index in [0.29, 0.717) is 13.1 Å². The molecule has 7 nitrogen and oxygen atoms in total. The summed E-state index contributed by atoms with van der Waals surface area (Å²) >= 11 is 0. The predicted octanol–water partition coefficient (Wildman–Crippen LogP) is 1.67. The molecule has 2 rings (SSSR count). The van der Waals surface area contributed by atoms with Crippen LogP contribution in [0.3, 0.4) is 0 Å². The van der Waals surface area contributed by atoms with Gasteiger partial charge in [0.15, 0.2) is 0 Å². The van der Waals surface area contributed by atoms with E-state index in [1.807, 2.05) is 0 Å². The second-order valence-corrected chi connectivity index (χ2v) is 8.38. The zero-order chi connectivity index (χ0) is 18.4. The lowest BCUT2D eigenvalue weighted by Crippen LogP contribution is -2.43. The molecule has 1 saturated heterocycles. The van der Waals surface area contributed by atoms with Crippen molar-refractivity contribution in [1.29, 1.82) is 0 Å². The molecular weight excluding hydrogens is 342 g/mol. The summed E-state index contributed by atoms with van der Waals surface area (Å²) in [5, 5.41) is 0. The molecule has 0 unspecified atom stereocenters. The van der Waals surface area contributed by atoms with Gasteiger partial charge in [0.1, 0.15) is 0 Å². The van der Waals surface area contributed by atoms with Gasteiger partial charge in [0.2, 0.25) is 15.9 Å². The smallest absolute Gasteiger partial charge is 0.269 e. The van der Waals surface area contributed by atoms with Crippen molar-refractivity contribution in [3.8, 4) is 0 Å². The summed E-state index contributed by atoms with van der Waals surface area (Å²) in [6.45, 7) is 4.49. The predicted molar refractivity (Wildman–Crippen MR) is 94.1 cm³/mol. The van der Waals surface area contributed by atoms with Gasteiger partial charge in [-0.1, -0.05) is 26.7 Å². The summed E-state index contributed by atoms with van der Waals surface area (Å²) in [6, 6.07) is 5.75. The van der Waals surface area contributed by atoms with Crippen LogP contribution in [0, 0.1) is 5.92 Å². The highest BCUT2D eigenvalue weighted by molar-refractivity contribution is 7.89. The highest BCUT2D eigenvalue weighted by Gasteiger charge is 2.25. The van der Waals surface area contributed by atoms with Crippen molar-refractivity contribution < 1.29 is 18.0 Å². The minimum absolute atomic E-state index is 0.178. The van der Waals surface area contributed by atoms with E-state index in [0.717, 1.165) is 25.7 Å². The van der Waals surface area contributed by atoms with Crippen molar-refractivity contribution in [3.63, 3.8) is 0 Å². The topological polar surface area (TPSA) is 95.6 Å². The third-order valence-electron chi connectivity index (χ3n) is 4.14. The molecule has 1 aromatic carbocycles. The zero-order valence-corrected chi connectivity index (χ0v) is 15.4. The van der Waals surface area contributed by atoms with E-state index < -0.39 is 15.9 Å². The maximum atomic E-state index is 12.7. The SMILES string of the molecule is CC(C)C(=O)NNC(=O)c1ccc(S(=O)(=O)N2CCCCCC2)cc1. The Labute approximate surface area is 148 Å². The van der Waals surface area contributed by atoms with Crippen LogP contribution in [0.15, 0.2) is 29.2 Å². The molecular formula is C17H25N3O4S. The van der Waals surface area contributed by atoms with E-state index in [2.05, 4.69) is 10.9 Å². The van der Waals surface area contributed by atoms with Crippen LogP contribution in [-0.4, -0.2) is 37.6 Å². The fraction of sp³-hybridized carbons (Fsp3) is 0.529. The number of benzene rings is 1. The fourth-order valence-corrected chi connectivity index (χ4v) is 4.06. The molecule has 0 radical (unpaired) electrons. The second kappa shape index (κ2) is 8.44. The van der Waals surface area contributed by atoms with Gasteiger partial charge in [-0.05, 0) is 37.1 Å². The maximum absolute atomic E-state index is 12.7. The third kappa shape index (κ3) is 5.02. The van der Waals surface area contributed by atoms with Crippen LogP contribution in [0.2, 0.25) is 0 Å². The van der Waals surface area contributed by atoms with E-state index in [-0.39, 0.29) is 22.3 Å². The number of hydrazine groups is 1. The monoisotopic (exact) mass is 367 g/mol. The van der Waals surface area contributed by atoms with Crippen LogP contribution >= 0.6 is 0 Å². The van der Waals surface area contributed by atoms with Crippen molar-refractivity contribution >= 4 is 21.8 Å². The van der Waals surface area contributed by atoms with Crippen molar-refractivity contribution in [1.82, 2.24) is 15.2 Å². The Balaban J connectivity index is 2.05. The minimum Gasteiger partial charge on any atom is -0.273 e. The molecule has 0 aromatic heterocycles. The summed E-state index contributed by atoms with van der Waals surface area (Å²) in [5.41, 5.74) is 4.91. The summed E-state index contributed by atoms with van der Waals surface area (Å²) in [6.07, 6.45) is 3.84. The number of nitrogens with zero attached hydrogens (tertiary/aromatic N) is 1. The minimum atomic E-state index is -3.53. The number of carbonyl (C=O) groups excluding carboxylic acids is 2. The quantitative estimate of drug-likeness (QED) is 0.791. The molecule has 1 aromatic rings. The van der Waals surface area contributed by atoms with Crippen molar-refractivity contribution in [2.24, 2.45) is 5.92 Å². The first-order valence-corrected chi connectivity index (χ1v) is 9.97. The molecule has 0 aliphatic carbocycles. The molecule has 138 valence electrons. The maximum Gasteiger partial charge on any atom is 0.269 e. The van der Waals surface area contributed by atoms with Crippen LogP contribution in [0.4, 0.5) is 0 Å². The van der Waals surface area contributed by atoms with Crippen LogP contribution in [0.5, 0.6) is 0 Å². The Morgan fingerprint density at radius 2 is 1.52 bits per heavy atom. The molecule has 8 heteroatoms. The molecule has 25 heavy (non-hydrogen) atoms. The molecule has 0 saturated carbocycles. The van der Waals surface area contributed by atoms with Crippen LogP contribution in [0.25, 0.3) is 0 Å². The summed E-state index contributed by atoms with van der Waals surface area (Å²) in [4.78, 5) is 23.6. The van der Waals surface area contributed by atoms with E-state index in [9.17, 15) is 18.0 Å². The first kappa shape index (κ1) is 19.4. The van der Waals surface area contributed by atoms with Gasteiger partial charge in [-0.3, -0.25) is 20.4 Å². The van der Waals surface area contributed by atoms with Gasteiger partial charge in [-0.25, -0.2) is 8.42 Å². The number of carbonyl (C=O) groups is 2. The number of hydrogen-bond donors (Lipinski definition) is 2. The summed E-state index contributed by atoms with van der Waals surface area (Å²) in [7, 11) is -3.53. The Hall–Kier alpha value is -1.93. The first-order valence-electron chi connectivity index (χ1n) is 8.53. The Bertz CT molecular complexity index is 706. The molecule has 0 atom stereocenters. The van der Waals surface area contributed by atoms with E-state index >= 15 is 0 Å². The van der Waals surface area contributed by atoms with Gasteiger partial charge < -0.3 is 0 Å². The van der Waals surface area contributed by atoms with E-state index in [4.69, 9.17) is 0 Å². The average Bonchev–Trinajstić information content (AvgIpc) is 2.89. The molecule has 1 aliphatic rings. The first-order chi connectivity index (χ1) is 11.8. The highest BCUT2D eigenvalue weighted by Crippen LogP contribution is 2.20. The van der Waals surface area contributed by atoms with Crippen molar-refractivity contribution in [2.75, 3.05) is 13.1 Å². The van der Waals surface area contributed by atoms with Crippen molar-refractivity contribution in [3.05, 3.63) is 29.8 Å². The molecule has 2 N–H and O–H groups in total. The van der Waals surface area contributed by atoms with E-state index in [1.54, 1.807) is 13.8 Å². The summed E-state index contributed by atoms with van der Waals surface area (Å²) < 4.78 is 26.9. The standard InChI is InChI=1S/C17H25N3O4S/c1-13(2)16(21)18-19-17(22)14-7-9-15(10-8-14)25(23,24)20-11-5-3-4-6-12-20/h7-10,13H,3-6,11-12H2,1-2H3,(H,18,21)(H,19,22). The fourth-order valence-electron chi connectivity index (χ4n) is 2.54. The van der Waals surface area contributed by atoms with Gasteiger partial charge in [-0.2, -0.15) is 4.31 Å². The molecule has 1 heterocycles. The third-order valence-corrected chi connectivity index (χ3v) is 6.06. The molecule has 0 bridgehead atoms. The van der Waals surface area contributed by atoms with Gasteiger partial charge in [-0.15, -0.1) is 0 Å². The van der Waals surface area contributed by atoms with Gasteiger partial charge in [0.05, 0.1) is 4.90 Å². The number of nitrogens with one attached hydrogen (secondary N) is 2. The molecule has 1 aliphatic heterocycles. The zero-order valence-electron chi connectivity index (χ0n) is 14.6. The lowest BCUT2D eigenvalue weighted by Gasteiger charge is -2.20. The van der Waals surface area contributed by atoms with Crippen LogP contribution in [-0.2, 0) is 14.8 Å². The van der Waals surface area contributed by atoms with Gasteiger partial charge in [0.25, 0.3) is 5.91 Å². The van der Waals surface area contributed by atoms with Crippen LogP contribution in [0.1, 0.15) is 49.9 Å². The lowest BCUT2D eigenvalue weighted by atomic mass is 10.2. The van der Waals surface area contributed by atoms with Gasteiger partial charge >= 0.3 is 0 Å². The van der Waals surface area contributed by atoms with Crippen LogP contribution < -0.4 is 10.9 Å². The number of sulfonamides is 1. The lowest BCUT2D eigenvalue weighted by molar-refractivity contribution is -0.124. The second-order valence-electron chi connectivity index (χ2n) is 6.44. The number of hydrogen-bond acceptors (Lipinski definition) is 4.